The number of nitrogens with zero attached hydrogens (tertiary/aromatic N) is 4. The molecule has 0 saturated heterocycles. The van der Waals surface area contributed by atoms with E-state index in [2.05, 4.69) is 25.8 Å². The van der Waals surface area contributed by atoms with E-state index in [-0.39, 0.29) is 29.8 Å². The predicted molar refractivity (Wildman–Crippen MR) is 116 cm³/mol. The van der Waals surface area contributed by atoms with Crippen molar-refractivity contribution in [3.05, 3.63) is 65.9 Å². The summed E-state index contributed by atoms with van der Waals surface area (Å²) in [5.74, 6) is 1.51. The number of rotatable bonds is 7. The maximum atomic E-state index is 12.9. The summed E-state index contributed by atoms with van der Waals surface area (Å²) in [5, 5.41) is 15.0. The van der Waals surface area contributed by atoms with Crippen LogP contribution in [0.15, 0.2) is 53.7 Å². The van der Waals surface area contributed by atoms with Gasteiger partial charge in [0.05, 0.1) is 0 Å². The van der Waals surface area contributed by atoms with Gasteiger partial charge in [-0.15, -0.1) is 34.2 Å². The molecule has 2 aromatic heterocycles. The highest BCUT2D eigenvalue weighted by atomic mass is 127. The Kier molecular flexibility index (Phi) is 8.43. The van der Waals surface area contributed by atoms with Crippen LogP contribution in [0.2, 0.25) is 0 Å². The number of halogens is 2. The molecular formula is C19H24FIN6. The lowest BCUT2D eigenvalue weighted by Gasteiger charge is -2.11. The van der Waals surface area contributed by atoms with Crippen LogP contribution in [0, 0.1) is 5.82 Å². The van der Waals surface area contributed by atoms with Crippen molar-refractivity contribution in [2.24, 2.45) is 4.99 Å². The zero-order valence-corrected chi connectivity index (χ0v) is 17.6. The van der Waals surface area contributed by atoms with Crippen molar-refractivity contribution in [1.29, 1.82) is 0 Å². The zero-order valence-electron chi connectivity index (χ0n) is 15.2. The first kappa shape index (κ1) is 21.1. The SMILES string of the molecule is CN=C(NCCCc1nnc2ccccn12)NCCc1ccc(F)cc1.I. The number of fused-ring (bicyclic) bond motifs is 1. The third-order valence-electron chi connectivity index (χ3n) is 4.10. The first-order valence-electron chi connectivity index (χ1n) is 8.74. The highest BCUT2D eigenvalue weighted by Gasteiger charge is 2.04. The summed E-state index contributed by atoms with van der Waals surface area (Å²) in [4.78, 5) is 4.22. The summed E-state index contributed by atoms with van der Waals surface area (Å²) in [7, 11) is 1.75. The molecule has 0 aliphatic heterocycles. The predicted octanol–water partition coefficient (Wildman–Crippen LogP) is 2.83. The van der Waals surface area contributed by atoms with E-state index < -0.39 is 0 Å². The number of hydrogen-bond acceptors (Lipinski definition) is 3. The van der Waals surface area contributed by atoms with Gasteiger partial charge in [-0.3, -0.25) is 9.39 Å². The minimum Gasteiger partial charge on any atom is -0.356 e. The summed E-state index contributed by atoms with van der Waals surface area (Å²) in [6.45, 7) is 1.53. The average Bonchev–Trinajstić information content (AvgIpc) is 3.08. The second kappa shape index (κ2) is 10.8. The number of guanidine groups is 1. The molecule has 0 fully saturated rings. The Labute approximate surface area is 175 Å². The topological polar surface area (TPSA) is 66.6 Å². The maximum absolute atomic E-state index is 12.9. The molecule has 2 N–H and O–H groups in total. The van der Waals surface area contributed by atoms with Crippen LogP contribution in [0.5, 0.6) is 0 Å². The zero-order chi connectivity index (χ0) is 18.2. The van der Waals surface area contributed by atoms with E-state index in [4.69, 9.17) is 0 Å². The first-order valence-corrected chi connectivity index (χ1v) is 8.74. The third kappa shape index (κ3) is 6.16. The molecule has 3 aromatic rings. The maximum Gasteiger partial charge on any atom is 0.190 e. The van der Waals surface area contributed by atoms with E-state index in [1.54, 1.807) is 19.2 Å². The number of aryl methyl sites for hydroxylation is 1. The van der Waals surface area contributed by atoms with Gasteiger partial charge >= 0.3 is 0 Å². The van der Waals surface area contributed by atoms with Gasteiger partial charge in [-0.25, -0.2) is 4.39 Å². The van der Waals surface area contributed by atoms with Crippen molar-refractivity contribution in [3.8, 4) is 0 Å². The lowest BCUT2D eigenvalue weighted by molar-refractivity contribution is 0.626. The molecule has 0 aliphatic carbocycles. The lowest BCUT2D eigenvalue weighted by atomic mass is 10.1. The van der Waals surface area contributed by atoms with Crippen molar-refractivity contribution in [2.75, 3.05) is 20.1 Å². The summed E-state index contributed by atoms with van der Waals surface area (Å²) in [6, 6.07) is 12.4. The van der Waals surface area contributed by atoms with E-state index in [0.717, 1.165) is 55.3 Å². The molecule has 0 atom stereocenters. The van der Waals surface area contributed by atoms with Crippen molar-refractivity contribution in [3.63, 3.8) is 0 Å². The van der Waals surface area contributed by atoms with Gasteiger partial charge in [0.1, 0.15) is 11.6 Å². The average molecular weight is 482 g/mol. The summed E-state index contributed by atoms with van der Waals surface area (Å²) < 4.78 is 14.9. The van der Waals surface area contributed by atoms with Crippen LogP contribution in [0.25, 0.3) is 5.65 Å². The highest BCUT2D eigenvalue weighted by molar-refractivity contribution is 14.0. The summed E-state index contributed by atoms with van der Waals surface area (Å²) in [5.41, 5.74) is 1.96. The summed E-state index contributed by atoms with van der Waals surface area (Å²) in [6.07, 6.45) is 4.56. The highest BCUT2D eigenvalue weighted by Crippen LogP contribution is 2.05. The van der Waals surface area contributed by atoms with E-state index >= 15 is 0 Å². The quantitative estimate of drug-likeness (QED) is 0.235. The van der Waals surface area contributed by atoms with Gasteiger partial charge in [-0.2, -0.15) is 0 Å². The molecule has 6 nitrogen and oxygen atoms in total. The Bertz CT molecular complexity index is 862. The van der Waals surface area contributed by atoms with Gasteiger partial charge in [0.2, 0.25) is 0 Å². The molecule has 27 heavy (non-hydrogen) atoms. The van der Waals surface area contributed by atoms with Crippen LogP contribution in [0.1, 0.15) is 17.8 Å². The van der Waals surface area contributed by atoms with Gasteiger partial charge in [0.25, 0.3) is 0 Å². The smallest absolute Gasteiger partial charge is 0.190 e. The largest absolute Gasteiger partial charge is 0.356 e. The molecule has 144 valence electrons. The van der Waals surface area contributed by atoms with Crippen LogP contribution in [-0.2, 0) is 12.8 Å². The molecule has 0 unspecified atom stereocenters. The van der Waals surface area contributed by atoms with Crippen LogP contribution in [-0.4, -0.2) is 40.7 Å². The second-order valence-electron chi connectivity index (χ2n) is 5.95. The molecule has 3 rings (SSSR count). The number of aromatic nitrogens is 3. The van der Waals surface area contributed by atoms with Crippen LogP contribution in [0.3, 0.4) is 0 Å². The number of nitrogens with one attached hydrogen (secondary N) is 2. The fourth-order valence-corrected chi connectivity index (χ4v) is 2.71. The second-order valence-corrected chi connectivity index (χ2v) is 5.95. The standard InChI is InChI=1S/C19H23FN6.HI/c1-21-19(23-13-11-15-7-9-16(20)10-8-15)22-12-4-6-18-25-24-17-5-2-3-14-26(17)18;/h2-3,5,7-10,14H,4,6,11-13H2,1H3,(H2,21,22,23);1H. The van der Waals surface area contributed by atoms with Gasteiger partial charge < -0.3 is 10.6 Å². The third-order valence-corrected chi connectivity index (χ3v) is 4.10. The summed E-state index contributed by atoms with van der Waals surface area (Å²) >= 11 is 0. The van der Waals surface area contributed by atoms with Crippen molar-refractivity contribution in [2.45, 2.75) is 19.3 Å². The van der Waals surface area contributed by atoms with Gasteiger partial charge in [-0.05, 0) is 42.7 Å². The first-order chi connectivity index (χ1) is 12.8. The van der Waals surface area contributed by atoms with E-state index in [1.165, 1.54) is 12.1 Å². The lowest BCUT2D eigenvalue weighted by Crippen LogP contribution is -2.38. The fraction of sp³-hybridized carbons (Fsp3) is 0.316. The van der Waals surface area contributed by atoms with E-state index in [0.29, 0.717) is 0 Å². The van der Waals surface area contributed by atoms with Crippen molar-refractivity contribution < 1.29 is 4.39 Å². The fourth-order valence-electron chi connectivity index (χ4n) is 2.71. The van der Waals surface area contributed by atoms with E-state index in [9.17, 15) is 4.39 Å². The normalized spacial score (nSPS) is 11.3. The minimum atomic E-state index is -0.209. The Morgan fingerprint density at radius 3 is 2.59 bits per heavy atom. The molecule has 0 aliphatic rings. The number of hydrogen-bond donors (Lipinski definition) is 2. The van der Waals surface area contributed by atoms with Gasteiger partial charge in [0, 0.05) is 32.8 Å². The monoisotopic (exact) mass is 482 g/mol. The van der Waals surface area contributed by atoms with Gasteiger partial charge in [0.15, 0.2) is 11.6 Å². The molecule has 8 heteroatoms. The minimum absolute atomic E-state index is 0. The van der Waals surface area contributed by atoms with Crippen LogP contribution >= 0.6 is 24.0 Å². The molecule has 0 radical (unpaired) electrons. The van der Waals surface area contributed by atoms with Crippen LogP contribution < -0.4 is 10.6 Å². The van der Waals surface area contributed by atoms with Gasteiger partial charge in [-0.1, -0.05) is 18.2 Å². The number of benzene rings is 1. The molecular weight excluding hydrogens is 458 g/mol. The molecule has 0 bridgehead atoms. The van der Waals surface area contributed by atoms with E-state index in [1.807, 2.05) is 28.8 Å². The Morgan fingerprint density at radius 1 is 1.04 bits per heavy atom. The van der Waals surface area contributed by atoms with Crippen LogP contribution in [0.4, 0.5) is 4.39 Å². The molecule has 1 aromatic carbocycles. The Morgan fingerprint density at radius 2 is 1.81 bits per heavy atom. The Hall–Kier alpha value is -2.23. The van der Waals surface area contributed by atoms with Crippen molar-refractivity contribution in [1.82, 2.24) is 25.2 Å². The molecule has 0 saturated carbocycles. The molecule has 0 spiro atoms. The van der Waals surface area contributed by atoms with Crippen molar-refractivity contribution >= 4 is 35.6 Å². The Balaban J connectivity index is 0.00000261. The molecule has 2 heterocycles. The number of aliphatic imine (C=N–C) groups is 1. The molecule has 0 amide bonds. The number of pyridine rings is 1.